The Labute approximate surface area is 112 Å². The number of rotatable bonds is 1. The van der Waals surface area contributed by atoms with E-state index < -0.39 is 6.10 Å². The van der Waals surface area contributed by atoms with E-state index in [9.17, 15) is 14.7 Å². The molecule has 3 atom stereocenters. The Hall–Kier alpha value is -1.68. The van der Waals surface area contributed by atoms with Crippen LogP contribution in [0.25, 0.3) is 0 Å². The fraction of sp³-hybridized carbons (Fsp3) is 0.467. The van der Waals surface area contributed by atoms with Crippen molar-refractivity contribution in [3.63, 3.8) is 0 Å². The van der Waals surface area contributed by atoms with Crippen LogP contribution >= 0.6 is 0 Å². The van der Waals surface area contributed by atoms with Crippen LogP contribution in [-0.2, 0) is 0 Å². The van der Waals surface area contributed by atoms with Gasteiger partial charge in [-0.25, -0.2) is 0 Å². The van der Waals surface area contributed by atoms with Crippen LogP contribution in [0.5, 0.6) is 0 Å². The van der Waals surface area contributed by atoms with E-state index in [4.69, 9.17) is 0 Å². The maximum Gasteiger partial charge on any atom is 0.261 e. The van der Waals surface area contributed by atoms with Crippen molar-refractivity contribution in [2.24, 2.45) is 5.92 Å². The van der Waals surface area contributed by atoms with Crippen molar-refractivity contribution in [1.29, 1.82) is 0 Å². The van der Waals surface area contributed by atoms with Gasteiger partial charge >= 0.3 is 0 Å². The molecule has 0 bridgehead atoms. The highest BCUT2D eigenvalue weighted by atomic mass is 16.3. The minimum atomic E-state index is -0.428. The van der Waals surface area contributed by atoms with Gasteiger partial charge in [-0.3, -0.25) is 14.5 Å². The van der Waals surface area contributed by atoms with Crippen molar-refractivity contribution in [2.45, 2.75) is 38.3 Å². The molecule has 1 heterocycles. The highest BCUT2D eigenvalue weighted by Crippen LogP contribution is 2.32. The summed E-state index contributed by atoms with van der Waals surface area (Å²) in [6.45, 7) is 2.00. The van der Waals surface area contributed by atoms with Gasteiger partial charge in [-0.05, 0) is 37.3 Å². The number of hydrogen-bond acceptors (Lipinski definition) is 3. The van der Waals surface area contributed by atoms with Gasteiger partial charge in [0.2, 0.25) is 0 Å². The van der Waals surface area contributed by atoms with E-state index in [0.717, 1.165) is 12.8 Å². The first-order valence-corrected chi connectivity index (χ1v) is 6.74. The molecule has 0 radical (unpaired) electrons. The third kappa shape index (κ3) is 1.87. The quantitative estimate of drug-likeness (QED) is 0.783. The topological polar surface area (TPSA) is 57.6 Å². The lowest BCUT2D eigenvalue weighted by Gasteiger charge is -2.35. The number of aliphatic hydroxyl groups is 1. The number of aliphatic hydroxyl groups excluding tert-OH is 1. The van der Waals surface area contributed by atoms with Crippen molar-refractivity contribution in [3.05, 3.63) is 35.4 Å². The molecule has 0 unspecified atom stereocenters. The van der Waals surface area contributed by atoms with Crippen LogP contribution in [0.3, 0.4) is 0 Å². The third-order valence-corrected chi connectivity index (χ3v) is 4.32. The number of imide groups is 1. The molecule has 1 aromatic rings. The number of nitrogens with zero attached hydrogens (tertiary/aromatic N) is 1. The summed E-state index contributed by atoms with van der Waals surface area (Å²) in [6, 6.07) is 6.75. The molecule has 1 saturated carbocycles. The molecule has 1 aliphatic carbocycles. The summed E-state index contributed by atoms with van der Waals surface area (Å²) >= 11 is 0. The number of fused-ring (bicyclic) bond motifs is 1. The zero-order valence-corrected chi connectivity index (χ0v) is 10.9. The van der Waals surface area contributed by atoms with E-state index in [1.54, 1.807) is 24.3 Å². The van der Waals surface area contributed by atoms with Crippen molar-refractivity contribution in [2.75, 3.05) is 0 Å². The summed E-state index contributed by atoms with van der Waals surface area (Å²) in [5, 5.41) is 9.95. The summed E-state index contributed by atoms with van der Waals surface area (Å²) in [4.78, 5) is 26.0. The van der Waals surface area contributed by atoms with Gasteiger partial charge in [0, 0.05) is 6.04 Å². The number of hydrogen-bond donors (Lipinski definition) is 1. The maximum atomic E-state index is 12.3. The molecular formula is C15H17NO3. The molecule has 0 saturated heterocycles. The van der Waals surface area contributed by atoms with E-state index in [1.807, 2.05) is 6.92 Å². The Morgan fingerprint density at radius 2 is 1.68 bits per heavy atom. The first-order chi connectivity index (χ1) is 9.09. The molecule has 3 rings (SSSR count). The first-order valence-electron chi connectivity index (χ1n) is 6.74. The van der Waals surface area contributed by atoms with Crippen molar-refractivity contribution < 1.29 is 14.7 Å². The molecule has 2 amide bonds. The summed E-state index contributed by atoms with van der Waals surface area (Å²) < 4.78 is 0. The lowest BCUT2D eigenvalue weighted by molar-refractivity contribution is 0.0250. The Kier molecular flexibility index (Phi) is 2.90. The summed E-state index contributed by atoms with van der Waals surface area (Å²) in [6.07, 6.45) is 1.69. The minimum absolute atomic E-state index is 0.168. The van der Waals surface area contributed by atoms with Gasteiger partial charge in [-0.2, -0.15) is 0 Å². The number of carbonyl (C=O) groups is 2. The van der Waals surface area contributed by atoms with Gasteiger partial charge in [0.25, 0.3) is 11.8 Å². The average molecular weight is 259 g/mol. The van der Waals surface area contributed by atoms with Gasteiger partial charge in [0.1, 0.15) is 0 Å². The minimum Gasteiger partial charge on any atom is -0.393 e. The van der Waals surface area contributed by atoms with Crippen LogP contribution in [0, 0.1) is 5.92 Å². The van der Waals surface area contributed by atoms with Crippen molar-refractivity contribution in [3.8, 4) is 0 Å². The number of amides is 2. The lowest BCUT2D eigenvalue weighted by Crippen LogP contribution is -2.45. The summed E-state index contributed by atoms with van der Waals surface area (Å²) in [5.74, 6) is -0.189. The highest BCUT2D eigenvalue weighted by Gasteiger charge is 2.42. The first kappa shape index (κ1) is 12.4. The lowest BCUT2D eigenvalue weighted by atomic mass is 9.84. The zero-order chi connectivity index (χ0) is 13.6. The Morgan fingerprint density at radius 1 is 1.11 bits per heavy atom. The second kappa shape index (κ2) is 4.46. The van der Waals surface area contributed by atoms with E-state index in [-0.39, 0.29) is 23.8 Å². The number of benzene rings is 1. The van der Waals surface area contributed by atoms with Crippen LogP contribution in [0.1, 0.15) is 46.9 Å². The average Bonchev–Trinajstić information content (AvgIpc) is 2.66. The smallest absolute Gasteiger partial charge is 0.261 e. The molecule has 100 valence electrons. The fourth-order valence-electron chi connectivity index (χ4n) is 3.05. The molecule has 1 fully saturated rings. The molecule has 2 aliphatic rings. The van der Waals surface area contributed by atoms with Crippen molar-refractivity contribution >= 4 is 11.8 Å². The molecule has 4 heteroatoms. The normalized spacial score (nSPS) is 30.6. The number of carbonyl (C=O) groups excluding carboxylic acids is 2. The highest BCUT2D eigenvalue weighted by molar-refractivity contribution is 6.21. The van der Waals surface area contributed by atoms with E-state index in [1.165, 1.54) is 4.90 Å². The van der Waals surface area contributed by atoms with Crippen LogP contribution in [0.15, 0.2) is 24.3 Å². The van der Waals surface area contributed by atoms with Gasteiger partial charge in [-0.15, -0.1) is 0 Å². The standard InChI is InChI=1S/C15H17NO3/c1-9-6-7-10(8-13(9)17)16-14(18)11-4-2-3-5-12(11)15(16)19/h2-5,9-10,13,17H,6-8H2,1H3/t9-,10-,13-/m1/s1. The fourth-order valence-corrected chi connectivity index (χ4v) is 3.05. The second-order valence-electron chi connectivity index (χ2n) is 5.54. The van der Waals surface area contributed by atoms with Gasteiger partial charge in [-0.1, -0.05) is 19.1 Å². The Bertz CT molecular complexity index is 505. The molecular weight excluding hydrogens is 242 g/mol. The van der Waals surface area contributed by atoms with Crippen LogP contribution in [0.2, 0.25) is 0 Å². The van der Waals surface area contributed by atoms with Crippen molar-refractivity contribution in [1.82, 2.24) is 4.90 Å². The predicted octanol–water partition coefficient (Wildman–Crippen LogP) is 1.83. The van der Waals surface area contributed by atoms with E-state index in [0.29, 0.717) is 17.5 Å². The molecule has 0 aromatic heterocycles. The van der Waals surface area contributed by atoms with E-state index >= 15 is 0 Å². The molecule has 1 N–H and O–H groups in total. The van der Waals surface area contributed by atoms with E-state index in [2.05, 4.69) is 0 Å². The van der Waals surface area contributed by atoms with Gasteiger partial charge in [0.05, 0.1) is 17.2 Å². The third-order valence-electron chi connectivity index (χ3n) is 4.32. The predicted molar refractivity (Wildman–Crippen MR) is 69.8 cm³/mol. The summed E-state index contributed by atoms with van der Waals surface area (Å²) in [5.41, 5.74) is 0.973. The second-order valence-corrected chi connectivity index (χ2v) is 5.54. The maximum absolute atomic E-state index is 12.3. The van der Waals surface area contributed by atoms with Crippen LogP contribution in [-0.4, -0.2) is 34.0 Å². The summed E-state index contributed by atoms with van der Waals surface area (Å²) in [7, 11) is 0. The molecule has 19 heavy (non-hydrogen) atoms. The van der Waals surface area contributed by atoms with Gasteiger partial charge in [0.15, 0.2) is 0 Å². The van der Waals surface area contributed by atoms with Gasteiger partial charge < -0.3 is 5.11 Å². The largest absolute Gasteiger partial charge is 0.393 e. The monoisotopic (exact) mass is 259 g/mol. The molecule has 1 aliphatic heterocycles. The molecule has 0 spiro atoms. The van der Waals surface area contributed by atoms with Crippen LogP contribution in [0.4, 0.5) is 0 Å². The molecule has 4 nitrogen and oxygen atoms in total. The Morgan fingerprint density at radius 3 is 2.21 bits per heavy atom. The SMILES string of the molecule is C[C@@H]1CC[C@@H](N2C(=O)c3ccccc3C2=O)C[C@H]1O. The van der Waals surface area contributed by atoms with Crippen LogP contribution < -0.4 is 0 Å². The molecule has 1 aromatic carbocycles. The zero-order valence-electron chi connectivity index (χ0n) is 10.9. The Balaban J connectivity index is 1.88.